The third kappa shape index (κ3) is 4.28. The highest BCUT2D eigenvalue weighted by Crippen LogP contribution is 2.32. The van der Waals surface area contributed by atoms with E-state index in [9.17, 15) is 4.79 Å². The molecule has 1 aliphatic rings. The van der Waals surface area contributed by atoms with Gasteiger partial charge in [-0.3, -0.25) is 9.69 Å². The van der Waals surface area contributed by atoms with Crippen LogP contribution in [0.25, 0.3) is 0 Å². The first-order valence-electron chi connectivity index (χ1n) is 7.01. The molecule has 0 saturated heterocycles. The van der Waals surface area contributed by atoms with Gasteiger partial charge in [-0.1, -0.05) is 6.92 Å². The number of hydrogen-bond acceptors (Lipinski definition) is 4. The van der Waals surface area contributed by atoms with Gasteiger partial charge in [-0.15, -0.1) is 11.3 Å². The molecule has 2 unspecified atom stereocenters. The molecular weight excluding hydrogens is 338 g/mol. The number of hydrogen-bond donors (Lipinski definition) is 2. The number of carbonyl (C=O) groups is 1. The van der Waals surface area contributed by atoms with Crippen LogP contribution in [0.2, 0.25) is 0 Å². The summed E-state index contributed by atoms with van der Waals surface area (Å²) in [6, 6.07) is 4.64. The Bertz CT molecular complexity index is 461. The minimum absolute atomic E-state index is 0.0271. The van der Waals surface area contributed by atoms with Gasteiger partial charge in [0.2, 0.25) is 5.91 Å². The maximum absolute atomic E-state index is 12.0. The van der Waals surface area contributed by atoms with Crippen molar-refractivity contribution in [1.82, 2.24) is 10.2 Å². The second-order valence-corrected chi connectivity index (χ2v) is 7.91. The standard InChI is InChI=1S/C14H22BrN3OS/c1-3-10(16)14(11-6-7-12(15)20-11)18(2)8-13(19)17-9-4-5-9/h6-7,9-10,14H,3-5,8,16H2,1-2H3,(H,17,19). The number of rotatable bonds is 7. The van der Waals surface area contributed by atoms with E-state index in [4.69, 9.17) is 5.73 Å². The second kappa shape index (κ2) is 7.02. The molecule has 2 rings (SSSR count). The topological polar surface area (TPSA) is 58.4 Å². The van der Waals surface area contributed by atoms with Crippen LogP contribution in [0.5, 0.6) is 0 Å². The van der Waals surface area contributed by atoms with Gasteiger partial charge >= 0.3 is 0 Å². The van der Waals surface area contributed by atoms with Gasteiger partial charge in [-0.2, -0.15) is 0 Å². The summed E-state index contributed by atoms with van der Waals surface area (Å²) >= 11 is 5.18. The fraction of sp³-hybridized carbons (Fsp3) is 0.643. The molecular formula is C14H22BrN3OS. The Kier molecular flexibility index (Phi) is 5.60. The Labute approximate surface area is 132 Å². The van der Waals surface area contributed by atoms with E-state index in [1.807, 2.05) is 13.1 Å². The number of thiophene rings is 1. The Balaban J connectivity index is 2.03. The van der Waals surface area contributed by atoms with Gasteiger partial charge in [0.1, 0.15) is 0 Å². The molecule has 1 saturated carbocycles. The van der Waals surface area contributed by atoms with Crippen LogP contribution in [-0.4, -0.2) is 36.5 Å². The third-order valence-corrected chi connectivity index (χ3v) is 5.27. The van der Waals surface area contributed by atoms with Crippen LogP contribution >= 0.6 is 27.3 Å². The van der Waals surface area contributed by atoms with Gasteiger partial charge in [0, 0.05) is 17.0 Å². The Morgan fingerprint density at radius 2 is 2.30 bits per heavy atom. The zero-order valence-electron chi connectivity index (χ0n) is 11.9. The molecule has 1 amide bonds. The molecule has 1 aromatic heterocycles. The van der Waals surface area contributed by atoms with E-state index >= 15 is 0 Å². The molecule has 1 aromatic rings. The summed E-state index contributed by atoms with van der Waals surface area (Å²) in [4.78, 5) is 15.2. The van der Waals surface area contributed by atoms with Crippen molar-refractivity contribution < 1.29 is 4.79 Å². The van der Waals surface area contributed by atoms with Crippen LogP contribution in [0, 0.1) is 0 Å². The average Bonchev–Trinajstić information content (AvgIpc) is 3.10. The SMILES string of the molecule is CCC(N)C(c1ccc(Br)s1)N(C)CC(=O)NC1CC1. The average molecular weight is 360 g/mol. The quantitative estimate of drug-likeness (QED) is 0.786. The molecule has 3 N–H and O–H groups in total. The predicted molar refractivity (Wildman–Crippen MR) is 86.8 cm³/mol. The summed E-state index contributed by atoms with van der Waals surface area (Å²) in [5.74, 6) is 0.0962. The first-order chi connectivity index (χ1) is 9.51. The largest absolute Gasteiger partial charge is 0.352 e. The van der Waals surface area contributed by atoms with E-state index in [1.54, 1.807) is 11.3 Å². The Hall–Kier alpha value is -0.430. The lowest BCUT2D eigenvalue weighted by Gasteiger charge is -2.31. The smallest absolute Gasteiger partial charge is 0.234 e. The summed E-state index contributed by atoms with van der Waals surface area (Å²) in [6.07, 6.45) is 3.12. The lowest BCUT2D eigenvalue weighted by molar-refractivity contribution is -0.122. The summed E-state index contributed by atoms with van der Waals surface area (Å²) in [7, 11) is 1.97. The molecule has 0 bridgehead atoms. The van der Waals surface area contributed by atoms with Gasteiger partial charge in [0.25, 0.3) is 0 Å². The number of halogens is 1. The molecule has 6 heteroatoms. The van der Waals surface area contributed by atoms with Crippen molar-refractivity contribution in [3.63, 3.8) is 0 Å². The van der Waals surface area contributed by atoms with E-state index in [-0.39, 0.29) is 18.0 Å². The van der Waals surface area contributed by atoms with E-state index in [0.29, 0.717) is 12.6 Å². The van der Waals surface area contributed by atoms with E-state index in [1.165, 1.54) is 4.88 Å². The predicted octanol–water partition coefficient (Wildman–Crippen LogP) is 2.50. The fourth-order valence-electron chi connectivity index (χ4n) is 2.29. The minimum atomic E-state index is 0.0271. The van der Waals surface area contributed by atoms with Crippen LogP contribution < -0.4 is 11.1 Å². The van der Waals surface area contributed by atoms with Gasteiger partial charge in [0.05, 0.1) is 16.4 Å². The molecule has 20 heavy (non-hydrogen) atoms. The third-order valence-electron chi connectivity index (χ3n) is 3.57. The first-order valence-corrected chi connectivity index (χ1v) is 8.62. The lowest BCUT2D eigenvalue weighted by Crippen LogP contribution is -2.43. The zero-order chi connectivity index (χ0) is 14.7. The van der Waals surface area contributed by atoms with Gasteiger partial charge in [-0.25, -0.2) is 0 Å². The number of carbonyl (C=O) groups excluding carboxylic acids is 1. The van der Waals surface area contributed by atoms with E-state index < -0.39 is 0 Å². The van der Waals surface area contributed by atoms with Crippen molar-refractivity contribution in [2.75, 3.05) is 13.6 Å². The van der Waals surface area contributed by atoms with Crippen molar-refractivity contribution in [1.29, 1.82) is 0 Å². The second-order valence-electron chi connectivity index (χ2n) is 5.42. The first kappa shape index (κ1) is 15.9. The number of nitrogens with zero attached hydrogens (tertiary/aromatic N) is 1. The summed E-state index contributed by atoms with van der Waals surface area (Å²) in [6.45, 7) is 2.48. The molecule has 1 aliphatic carbocycles. The summed E-state index contributed by atoms with van der Waals surface area (Å²) in [5.41, 5.74) is 6.27. The number of amides is 1. The maximum atomic E-state index is 12.0. The van der Waals surface area contributed by atoms with Crippen molar-refractivity contribution in [2.24, 2.45) is 5.73 Å². The summed E-state index contributed by atoms with van der Waals surface area (Å²) < 4.78 is 1.09. The lowest BCUT2D eigenvalue weighted by atomic mass is 10.0. The zero-order valence-corrected chi connectivity index (χ0v) is 14.3. The fourth-order valence-corrected chi connectivity index (χ4v) is 3.96. The number of nitrogens with two attached hydrogens (primary N) is 1. The summed E-state index contributed by atoms with van der Waals surface area (Å²) in [5, 5.41) is 3.03. The van der Waals surface area contributed by atoms with Crippen molar-refractivity contribution >= 4 is 33.2 Å². The molecule has 4 nitrogen and oxygen atoms in total. The van der Waals surface area contributed by atoms with Crippen LogP contribution in [0.3, 0.4) is 0 Å². The van der Waals surface area contributed by atoms with Crippen LogP contribution in [-0.2, 0) is 4.79 Å². The Morgan fingerprint density at radius 1 is 1.60 bits per heavy atom. The minimum Gasteiger partial charge on any atom is -0.352 e. The molecule has 1 heterocycles. The highest BCUT2D eigenvalue weighted by molar-refractivity contribution is 9.11. The molecule has 1 fully saturated rings. The number of likely N-dealkylation sites (N-methyl/N-ethyl adjacent to an activating group) is 1. The van der Waals surface area contributed by atoms with Crippen LogP contribution in [0.1, 0.15) is 37.1 Å². The molecule has 2 atom stereocenters. The molecule has 0 radical (unpaired) electrons. The maximum Gasteiger partial charge on any atom is 0.234 e. The van der Waals surface area contributed by atoms with Crippen molar-refractivity contribution in [3.05, 3.63) is 20.8 Å². The van der Waals surface area contributed by atoms with Crippen LogP contribution in [0.4, 0.5) is 0 Å². The highest BCUT2D eigenvalue weighted by atomic mass is 79.9. The van der Waals surface area contributed by atoms with Gasteiger partial charge in [0.15, 0.2) is 0 Å². The van der Waals surface area contributed by atoms with Gasteiger partial charge in [-0.05, 0) is 54.4 Å². The molecule has 0 spiro atoms. The van der Waals surface area contributed by atoms with E-state index in [0.717, 1.165) is 23.0 Å². The monoisotopic (exact) mass is 359 g/mol. The van der Waals surface area contributed by atoms with E-state index in [2.05, 4.69) is 39.1 Å². The molecule has 112 valence electrons. The normalized spacial score (nSPS) is 18.1. The van der Waals surface area contributed by atoms with Crippen molar-refractivity contribution in [3.8, 4) is 0 Å². The van der Waals surface area contributed by atoms with Crippen molar-refractivity contribution in [2.45, 2.75) is 44.3 Å². The molecule has 0 aromatic carbocycles. The van der Waals surface area contributed by atoms with Crippen LogP contribution in [0.15, 0.2) is 15.9 Å². The van der Waals surface area contributed by atoms with Gasteiger partial charge < -0.3 is 11.1 Å². The highest BCUT2D eigenvalue weighted by Gasteiger charge is 2.28. The number of nitrogens with one attached hydrogen (secondary N) is 1. The molecule has 0 aliphatic heterocycles. The Morgan fingerprint density at radius 3 is 2.80 bits per heavy atom.